The Morgan fingerprint density at radius 2 is 1.43 bits per heavy atom. The topological polar surface area (TPSA) is 40.5 Å². The summed E-state index contributed by atoms with van der Waals surface area (Å²) in [7, 11) is -2.67. The van der Waals surface area contributed by atoms with Crippen LogP contribution in [0.2, 0.25) is 0 Å². The smallest absolute Gasteiger partial charge is 0.398 e. The lowest BCUT2D eigenvalue weighted by Crippen LogP contribution is -1.98. The van der Waals surface area contributed by atoms with Gasteiger partial charge in [0, 0.05) is 0 Å². The average Bonchev–Trinajstić information content (AvgIpc) is 1.33. The average molecular weight is 149 g/mol. The highest BCUT2D eigenvalue weighted by molar-refractivity contribution is 6.40. The van der Waals surface area contributed by atoms with Crippen LogP contribution in [-0.2, 0) is 0 Å². The van der Waals surface area contributed by atoms with Gasteiger partial charge in [-0.2, -0.15) is 0 Å². The van der Waals surface area contributed by atoms with Gasteiger partial charge in [-0.15, -0.1) is 23.2 Å². The predicted molar refractivity (Wildman–Crippen MR) is 27.9 cm³/mol. The Hall–Kier alpha value is 0.495. The van der Waals surface area contributed by atoms with Crippen LogP contribution in [0.5, 0.6) is 0 Å². The van der Waals surface area contributed by atoms with Gasteiger partial charge in [0.2, 0.25) is 0 Å². The van der Waals surface area contributed by atoms with Crippen molar-refractivity contribution in [1.29, 1.82) is 0 Å². The van der Waals surface area contributed by atoms with E-state index in [1.54, 1.807) is 0 Å². The monoisotopic (exact) mass is 148 g/mol. The minimum absolute atomic E-state index is 0.194. The maximum Gasteiger partial charge on any atom is 0.674 e. The first-order valence-corrected chi connectivity index (χ1v) is 2.34. The molecule has 2 N–H and O–H groups in total. The first-order valence-electron chi connectivity index (χ1n) is 1.27. The highest BCUT2D eigenvalue weighted by atomic mass is 35.5. The molecule has 0 aromatic rings. The molecule has 0 radical (unpaired) electrons. The second kappa shape index (κ2) is 9.71. The fourth-order valence-electron chi connectivity index (χ4n) is 0. The van der Waals surface area contributed by atoms with Gasteiger partial charge >= 0.3 is 7.40 Å². The van der Waals surface area contributed by atoms with Crippen molar-refractivity contribution in [3.8, 4) is 0 Å². The second-order valence-electron chi connectivity index (χ2n) is 0.412. The van der Waals surface area contributed by atoms with E-state index in [2.05, 4.69) is 0 Å². The van der Waals surface area contributed by atoms with Crippen molar-refractivity contribution in [3.63, 3.8) is 0 Å². The lowest BCUT2D eigenvalue weighted by molar-refractivity contribution is 0.340. The summed E-state index contributed by atoms with van der Waals surface area (Å²) in [6.45, 7) is 0. The maximum absolute atomic E-state index is 10.1. The molecular weight excluding hydrogens is 145 g/mol. The number of hydrogen-bond acceptors (Lipinski definition) is 2. The molecule has 7 heavy (non-hydrogen) atoms. The molecule has 0 aromatic heterocycles. The van der Waals surface area contributed by atoms with E-state index < -0.39 is 7.40 Å². The third-order valence-corrected chi connectivity index (χ3v) is 0. The summed E-state index contributed by atoms with van der Waals surface area (Å²) in [6.07, 6.45) is 0. The molecule has 0 amide bonds. The van der Waals surface area contributed by atoms with E-state index in [0.717, 1.165) is 0 Å². The molecule has 0 aliphatic carbocycles. The SMILES string of the molecule is ClCCl.OB(O)F. The summed E-state index contributed by atoms with van der Waals surface area (Å²) in [5.74, 6) is 0. The van der Waals surface area contributed by atoms with Gasteiger partial charge in [0.15, 0.2) is 0 Å². The van der Waals surface area contributed by atoms with Gasteiger partial charge in [-0.25, -0.2) is 0 Å². The van der Waals surface area contributed by atoms with Crippen molar-refractivity contribution in [3.05, 3.63) is 0 Å². The molecule has 0 fully saturated rings. The molecular formula is CH4BCl2FO2. The molecule has 0 aromatic carbocycles. The Kier molecular flexibility index (Phi) is 14.5. The molecule has 2 nitrogen and oxygen atoms in total. The second-order valence-corrected chi connectivity index (χ2v) is 1.22. The Morgan fingerprint density at radius 3 is 1.43 bits per heavy atom. The number of halogens is 3. The number of alkyl halides is 2. The molecule has 0 heterocycles. The molecule has 0 atom stereocenters. The lowest BCUT2D eigenvalue weighted by atomic mass is 10.3. The molecule has 44 valence electrons. The van der Waals surface area contributed by atoms with Crippen molar-refractivity contribution in [2.75, 3.05) is 5.34 Å². The van der Waals surface area contributed by atoms with Gasteiger partial charge in [0.1, 0.15) is 0 Å². The zero-order chi connectivity index (χ0) is 6.28. The lowest BCUT2D eigenvalue weighted by Gasteiger charge is -1.65. The van der Waals surface area contributed by atoms with E-state index in [1.165, 1.54) is 0 Å². The first kappa shape index (κ1) is 10.5. The number of rotatable bonds is 0. The molecule has 0 saturated carbocycles. The normalized spacial score (nSPS) is 6.43. The molecule has 0 bridgehead atoms. The zero-order valence-electron chi connectivity index (χ0n) is 3.31. The molecule has 0 aliphatic heterocycles. The van der Waals surface area contributed by atoms with Crippen molar-refractivity contribution in [2.24, 2.45) is 0 Å². The van der Waals surface area contributed by atoms with Crippen LogP contribution >= 0.6 is 23.2 Å². The van der Waals surface area contributed by atoms with Crippen LogP contribution in [0.1, 0.15) is 0 Å². The van der Waals surface area contributed by atoms with E-state index >= 15 is 0 Å². The summed E-state index contributed by atoms with van der Waals surface area (Å²) in [5.41, 5.74) is 0. The predicted octanol–water partition coefficient (Wildman–Crippen LogP) is 0.347. The van der Waals surface area contributed by atoms with Gasteiger partial charge in [0.25, 0.3) is 0 Å². The molecule has 6 heteroatoms. The largest absolute Gasteiger partial charge is 0.674 e. The van der Waals surface area contributed by atoms with E-state index in [-0.39, 0.29) is 5.34 Å². The van der Waals surface area contributed by atoms with Crippen LogP contribution in [0.15, 0.2) is 0 Å². The van der Waals surface area contributed by atoms with Gasteiger partial charge < -0.3 is 10.0 Å². The van der Waals surface area contributed by atoms with Crippen molar-refractivity contribution in [2.45, 2.75) is 0 Å². The molecule has 0 spiro atoms. The van der Waals surface area contributed by atoms with Crippen molar-refractivity contribution >= 4 is 30.6 Å². The van der Waals surface area contributed by atoms with Crippen molar-refractivity contribution < 1.29 is 14.4 Å². The highest BCUT2D eigenvalue weighted by Gasteiger charge is 1.97. The standard InChI is InChI=1S/CH2Cl2.BFH2O2/c2-1-3;2-1(3)4/h1H2;3-4H. The summed E-state index contributed by atoms with van der Waals surface area (Å²) in [5, 5.41) is 14.1. The van der Waals surface area contributed by atoms with Crippen LogP contribution in [0.4, 0.5) is 4.32 Å². The quantitative estimate of drug-likeness (QED) is 0.385. The zero-order valence-corrected chi connectivity index (χ0v) is 4.82. The van der Waals surface area contributed by atoms with Crippen LogP contribution in [0, 0.1) is 0 Å². The summed E-state index contributed by atoms with van der Waals surface area (Å²) in [6, 6.07) is 0. The third kappa shape index (κ3) is 536. The molecule has 0 saturated heterocycles. The molecule has 0 aliphatic rings. The van der Waals surface area contributed by atoms with E-state index in [9.17, 15) is 4.32 Å². The van der Waals surface area contributed by atoms with Crippen LogP contribution < -0.4 is 0 Å². The summed E-state index contributed by atoms with van der Waals surface area (Å²) >= 11 is 9.53. The van der Waals surface area contributed by atoms with E-state index in [4.69, 9.17) is 33.2 Å². The Balaban J connectivity index is 0. The van der Waals surface area contributed by atoms with Crippen LogP contribution in [0.25, 0.3) is 0 Å². The Bertz CT molecular complexity index is 26.9. The van der Waals surface area contributed by atoms with Gasteiger partial charge in [0.05, 0.1) is 5.34 Å². The van der Waals surface area contributed by atoms with Crippen LogP contribution in [0.3, 0.4) is 0 Å². The van der Waals surface area contributed by atoms with Gasteiger partial charge in [-0.1, -0.05) is 0 Å². The Morgan fingerprint density at radius 1 is 1.43 bits per heavy atom. The highest BCUT2D eigenvalue weighted by Crippen LogP contribution is 1.73. The summed E-state index contributed by atoms with van der Waals surface area (Å²) in [4.78, 5) is 0. The van der Waals surface area contributed by atoms with Crippen LogP contribution in [-0.4, -0.2) is 22.8 Å². The first-order chi connectivity index (χ1) is 3.15. The third-order valence-electron chi connectivity index (χ3n) is 0. The van der Waals surface area contributed by atoms with Gasteiger partial charge in [-0.05, 0) is 0 Å². The fraction of sp³-hybridized carbons (Fsp3) is 1.00. The minimum Gasteiger partial charge on any atom is -0.398 e. The Labute approximate surface area is 51.0 Å². The van der Waals surface area contributed by atoms with E-state index in [0.29, 0.717) is 0 Å². The molecule has 0 unspecified atom stereocenters. The minimum atomic E-state index is -2.67. The van der Waals surface area contributed by atoms with Gasteiger partial charge in [-0.3, -0.25) is 4.32 Å². The summed E-state index contributed by atoms with van der Waals surface area (Å²) < 4.78 is 10.1. The number of hydrogen-bond donors (Lipinski definition) is 2. The maximum atomic E-state index is 10.1. The van der Waals surface area contributed by atoms with E-state index in [1.807, 2.05) is 0 Å². The molecule has 0 rings (SSSR count). The van der Waals surface area contributed by atoms with Crippen molar-refractivity contribution in [1.82, 2.24) is 0 Å². The fourth-order valence-corrected chi connectivity index (χ4v) is 0.